The zero-order chi connectivity index (χ0) is 10.8. The van der Waals surface area contributed by atoms with Crippen molar-refractivity contribution in [3.05, 3.63) is 5.82 Å². The molecule has 0 bridgehead atoms. The number of aryl methyl sites for hydroxylation is 1. The number of nitrogens with zero attached hydrogens (tertiary/aromatic N) is 3. The first kappa shape index (κ1) is 10.8. The second kappa shape index (κ2) is 4.45. The molecule has 1 fully saturated rings. The monoisotopic (exact) mass is 227 g/mol. The highest BCUT2D eigenvalue weighted by atomic mass is 32.1. The van der Waals surface area contributed by atoms with E-state index in [0.717, 1.165) is 30.5 Å². The van der Waals surface area contributed by atoms with Gasteiger partial charge in [-0.15, -0.1) is 0 Å². The lowest BCUT2D eigenvalue weighted by atomic mass is 10.2. The highest BCUT2D eigenvalue weighted by Gasteiger charge is 2.24. The number of rotatable bonds is 2. The smallest absolute Gasteiger partial charge is 0.205 e. The Bertz CT molecular complexity index is 318. The van der Waals surface area contributed by atoms with Gasteiger partial charge in [-0.1, -0.05) is 6.92 Å². The highest BCUT2D eigenvalue weighted by molar-refractivity contribution is 7.09. The number of hydrogen-bond donors (Lipinski definition) is 0. The summed E-state index contributed by atoms with van der Waals surface area (Å²) in [6, 6.07) is 0. The first-order chi connectivity index (χ1) is 7.19. The van der Waals surface area contributed by atoms with E-state index in [0.29, 0.717) is 0 Å². The molecule has 0 amide bonds. The van der Waals surface area contributed by atoms with E-state index >= 15 is 0 Å². The minimum atomic E-state index is 0.280. The summed E-state index contributed by atoms with van der Waals surface area (Å²) in [4.78, 5) is 6.77. The number of anilines is 1. The lowest BCUT2D eigenvalue weighted by Gasteiger charge is -2.34. The molecule has 0 aliphatic carbocycles. The Morgan fingerprint density at radius 1 is 1.40 bits per heavy atom. The molecule has 0 spiro atoms. The Morgan fingerprint density at radius 3 is 2.60 bits per heavy atom. The molecule has 15 heavy (non-hydrogen) atoms. The van der Waals surface area contributed by atoms with Gasteiger partial charge in [-0.25, -0.2) is 4.98 Å². The predicted octanol–water partition coefficient (Wildman–Crippen LogP) is 1.71. The molecule has 0 aromatic carbocycles. The number of ether oxygens (including phenoxy) is 1. The minimum absolute atomic E-state index is 0.280. The van der Waals surface area contributed by atoms with Crippen LogP contribution in [0.1, 0.15) is 26.6 Å². The topological polar surface area (TPSA) is 38.2 Å². The van der Waals surface area contributed by atoms with Crippen LogP contribution in [0.5, 0.6) is 0 Å². The van der Waals surface area contributed by atoms with E-state index in [4.69, 9.17) is 4.74 Å². The molecule has 1 aromatic rings. The standard InChI is InChI=1S/C10H17N3OS/c1-4-9-11-10(15-12-9)13-5-7(2)14-8(3)6-13/h7-8H,4-6H2,1-3H3/t7-,8-/m0/s1. The van der Waals surface area contributed by atoms with Crippen LogP contribution in [0.25, 0.3) is 0 Å². The van der Waals surface area contributed by atoms with E-state index in [9.17, 15) is 0 Å². The van der Waals surface area contributed by atoms with Crippen LogP contribution < -0.4 is 4.90 Å². The summed E-state index contributed by atoms with van der Waals surface area (Å²) in [5, 5.41) is 1.04. The molecular weight excluding hydrogens is 210 g/mol. The third-order valence-corrected chi connectivity index (χ3v) is 3.28. The quantitative estimate of drug-likeness (QED) is 0.771. The van der Waals surface area contributed by atoms with E-state index < -0.39 is 0 Å². The summed E-state index contributed by atoms with van der Waals surface area (Å²) in [5.41, 5.74) is 0. The van der Waals surface area contributed by atoms with Crippen molar-refractivity contribution in [2.24, 2.45) is 0 Å². The van der Waals surface area contributed by atoms with Gasteiger partial charge in [-0.2, -0.15) is 4.37 Å². The van der Waals surface area contributed by atoms with Crippen molar-refractivity contribution in [1.82, 2.24) is 9.36 Å². The fourth-order valence-electron chi connectivity index (χ4n) is 1.85. The molecule has 0 N–H and O–H groups in total. The summed E-state index contributed by atoms with van der Waals surface area (Å²) >= 11 is 1.49. The average molecular weight is 227 g/mol. The first-order valence-electron chi connectivity index (χ1n) is 5.42. The van der Waals surface area contributed by atoms with E-state index in [-0.39, 0.29) is 12.2 Å². The number of aromatic nitrogens is 2. The molecule has 5 heteroatoms. The number of morpholine rings is 1. The molecule has 84 valence electrons. The van der Waals surface area contributed by atoms with Crippen LogP contribution in [-0.2, 0) is 11.2 Å². The highest BCUT2D eigenvalue weighted by Crippen LogP contribution is 2.22. The van der Waals surface area contributed by atoms with Crippen LogP contribution in [0.3, 0.4) is 0 Å². The lowest BCUT2D eigenvalue weighted by molar-refractivity contribution is -0.00523. The maximum Gasteiger partial charge on any atom is 0.205 e. The fourth-order valence-corrected chi connectivity index (χ4v) is 2.62. The largest absolute Gasteiger partial charge is 0.372 e. The van der Waals surface area contributed by atoms with Crippen molar-refractivity contribution in [2.45, 2.75) is 39.4 Å². The van der Waals surface area contributed by atoms with Crippen LogP contribution in [-0.4, -0.2) is 34.7 Å². The molecule has 1 aromatic heterocycles. The van der Waals surface area contributed by atoms with Crippen LogP contribution in [0, 0.1) is 0 Å². The van der Waals surface area contributed by atoms with Gasteiger partial charge in [0.2, 0.25) is 5.13 Å². The van der Waals surface area contributed by atoms with Crippen molar-refractivity contribution < 1.29 is 4.74 Å². The molecule has 0 radical (unpaired) electrons. The molecule has 1 saturated heterocycles. The molecule has 2 rings (SSSR count). The van der Waals surface area contributed by atoms with Gasteiger partial charge in [0.25, 0.3) is 0 Å². The third-order valence-electron chi connectivity index (χ3n) is 2.46. The van der Waals surface area contributed by atoms with Gasteiger partial charge in [0.1, 0.15) is 5.82 Å². The Kier molecular flexibility index (Phi) is 3.21. The van der Waals surface area contributed by atoms with Crippen LogP contribution in [0.15, 0.2) is 0 Å². The summed E-state index contributed by atoms with van der Waals surface area (Å²) in [6.07, 6.45) is 1.47. The van der Waals surface area contributed by atoms with Gasteiger partial charge < -0.3 is 9.64 Å². The molecular formula is C10H17N3OS. The Balaban J connectivity index is 2.09. The van der Waals surface area contributed by atoms with Gasteiger partial charge in [0.15, 0.2) is 0 Å². The maximum atomic E-state index is 5.69. The number of hydrogen-bond acceptors (Lipinski definition) is 5. The van der Waals surface area contributed by atoms with Gasteiger partial charge in [-0.3, -0.25) is 0 Å². The van der Waals surface area contributed by atoms with E-state index in [1.807, 2.05) is 0 Å². The first-order valence-corrected chi connectivity index (χ1v) is 6.19. The summed E-state index contributed by atoms with van der Waals surface area (Å²) in [6.45, 7) is 8.12. The SMILES string of the molecule is CCc1nsc(N2C[C@H](C)O[C@@H](C)C2)n1. The van der Waals surface area contributed by atoms with Crippen molar-refractivity contribution >= 4 is 16.7 Å². The second-order valence-electron chi connectivity index (χ2n) is 4.01. The van der Waals surface area contributed by atoms with Crippen molar-refractivity contribution in [3.8, 4) is 0 Å². The summed E-state index contributed by atoms with van der Waals surface area (Å²) in [5.74, 6) is 0.946. The maximum absolute atomic E-state index is 5.69. The Hall–Kier alpha value is -0.680. The van der Waals surface area contributed by atoms with E-state index in [1.165, 1.54) is 11.5 Å². The van der Waals surface area contributed by atoms with Gasteiger partial charge >= 0.3 is 0 Å². The molecule has 2 heterocycles. The Labute approximate surface area is 94.4 Å². The van der Waals surface area contributed by atoms with Crippen LogP contribution >= 0.6 is 11.5 Å². The van der Waals surface area contributed by atoms with Crippen LogP contribution in [0.2, 0.25) is 0 Å². The zero-order valence-corrected chi connectivity index (χ0v) is 10.3. The lowest BCUT2D eigenvalue weighted by Crippen LogP contribution is -2.45. The van der Waals surface area contributed by atoms with Crippen molar-refractivity contribution in [3.63, 3.8) is 0 Å². The molecule has 0 unspecified atom stereocenters. The average Bonchev–Trinajstić information content (AvgIpc) is 2.64. The van der Waals surface area contributed by atoms with E-state index in [2.05, 4.69) is 35.0 Å². The van der Waals surface area contributed by atoms with Gasteiger partial charge in [0, 0.05) is 31.0 Å². The van der Waals surface area contributed by atoms with Crippen molar-refractivity contribution in [1.29, 1.82) is 0 Å². The molecule has 1 aliphatic rings. The zero-order valence-electron chi connectivity index (χ0n) is 9.43. The summed E-state index contributed by atoms with van der Waals surface area (Å²) < 4.78 is 9.99. The molecule has 4 nitrogen and oxygen atoms in total. The molecule has 0 saturated carbocycles. The minimum Gasteiger partial charge on any atom is -0.372 e. The van der Waals surface area contributed by atoms with Crippen molar-refractivity contribution in [2.75, 3.05) is 18.0 Å². The fraction of sp³-hybridized carbons (Fsp3) is 0.800. The molecule has 2 atom stereocenters. The predicted molar refractivity (Wildman–Crippen MR) is 61.5 cm³/mol. The molecule has 1 aliphatic heterocycles. The Morgan fingerprint density at radius 2 is 2.07 bits per heavy atom. The van der Waals surface area contributed by atoms with Gasteiger partial charge in [-0.05, 0) is 13.8 Å². The normalized spacial score (nSPS) is 27.0. The third kappa shape index (κ3) is 2.46. The van der Waals surface area contributed by atoms with Gasteiger partial charge in [0.05, 0.1) is 12.2 Å². The summed E-state index contributed by atoms with van der Waals surface area (Å²) in [7, 11) is 0. The van der Waals surface area contributed by atoms with E-state index in [1.54, 1.807) is 0 Å². The van der Waals surface area contributed by atoms with Crippen LogP contribution in [0.4, 0.5) is 5.13 Å². The second-order valence-corrected chi connectivity index (χ2v) is 4.74.